The summed E-state index contributed by atoms with van der Waals surface area (Å²) in [5.74, 6) is 1.03. The van der Waals surface area contributed by atoms with Crippen LogP contribution in [-0.4, -0.2) is 11.8 Å². The number of benzene rings is 1. The van der Waals surface area contributed by atoms with Crippen LogP contribution in [0.3, 0.4) is 0 Å². The van der Waals surface area contributed by atoms with Gasteiger partial charge in [0.2, 0.25) is 0 Å². The maximum Gasteiger partial charge on any atom is 0.134 e. The SMILES string of the molecule is N#CC1(NC2CCCC2)CCSc2ccccc21. The van der Waals surface area contributed by atoms with E-state index >= 15 is 0 Å². The van der Waals surface area contributed by atoms with E-state index in [0.717, 1.165) is 12.2 Å². The lowest BCUT2D eigenvalue weighted by Crippen LogP contribution is -2.48. The van der Waals surface area contributed by atoms with Crippen molar-refractivity contribution < 1.29 is 0 Å². The number of hydrogen-bond acceptors (Lipinski definition) is 3. The maximum atomic E-state index is 9.73. The zero-order valence-electron chi connectivity index (χ0n) is 10.5. The number of nitrogens with one attached hydrogen (secondary N) is 1. The number of hydrogen-bond donors (Lipinski definition) is 1. The van der Waals surface area contributed by atoms with Crippen LogP contribution in [0.5, 0.6) is 0 Å². The number of fused-ring (bicyclic) bond motifs is 1. The fourth-order valence-corrected chi connectivity index (χ4v) is 4.31. The average Bonchev–Trinajstić information content (AvgIpc) is 2.92. The lowest BCUT2D eigenvalue weighted by atomic mass is 9.87. The van der Waals surface area contributed by atoms with E-state index in [0.29, 0.717) is 6.04 Å². The molecule has 1 saturated carbocycles. The third-order valence-corrected chi connectivity index (χ3v) is 5.15. The monoisotopic (exact) mass is 258 g/mol. The number of rotatable bonds is 2. The molecule has 1 atom stereocenters. The van der Waals surface area contributed by atoms with Gasteiger partial charge in [-0.2, -0.15) is 5.26 Å². The van der Waals surface area contributed by atoms with Crippen molar-refractivity contribution in [2.75, 3.05) is 5.75 Å². The lowest BCUT2D eigenvalue weighted by molar-refractivity contribution is 0.346. The maximum absolute atomic E-state index is 9.73. The molecule has 1 aromatic rings. The van der Waals surface area contributed by atoms with Gasteiger partial charge in [-0.1, -0.05) is 31.0 Å². The van der Waals surface area contributed by atoms with E-state index in [2.05, 4.69) is 29.6 Å². The first-order valence-corrected chi connectivity index (χ1v) is 7.74. The Hall–Kier alpha value is -0.980. The third-order valence-electron chi connectivity index (χ3n) is 4.08. The van der Waals surface area contributed by atoms with Gasteiger partial charge in [-0.3, -0.25) is 5.32 Å². The Morgan fingerprint density at radius 1 is 1.28 bits per heavy atom. The first-order valence-electron chi connectivity index (χ1n) is 6.75. The van der Waals surface area contributed by atoms with Gasteiger partial charge in [-0.15, -0.1) is 11.8 Å². The average molecular weight is 258 g/mol. The summed E-state index contributed by atoms with van der Waals surface area (Å²) in [5.41, 5.74) is 0.743. The van der Waals surface area contributed by atoms with E-state index in [9.17, 15) is 5.26 Å². The van der Waals surface area contributed by atoms with Crippen LogP contribution in [0, 0.1) is 11.3 Å². The normalized spacial score (nSPS) is 27.7. The van der Waals surface area contributed by atoms with Gasteiger partial charge in [0.05, 0.1) is 6.07 Å². The van der Waals surface area contributed by atoms with E-state index in [1.165, 1.54) is 36.1 Å². The van der Waals surface area contributed by atoms with Gasteiger partial charge in [0.25, 0.3) is 0 Å². The summed E-state index contributed by atoms with van der Waals surface area (Å²) >= 11 is 1.87. The van der Waals surface area contributed by atoms with Crippen LogP contribution in [-0.2, 0) is 5.54 Å². The van der Waals surface area contributed by atoms with E-state index in [1.807, 2.05) is 17.8 Å². The first kappa shape index (κ1) is 12.1. The van der Waals surface area contributed by atoms with Crippen molar-refractivity contribution in [2.24, 2.45) is 0 Å². The van der Waals surface area contributed by atoms with Crippen molar-refractivity contribution in [3.63, 3.8) is 0 Å². The van der Waals surface area contributed by atoms with E-state index in [1.54, 1.807) is 0 Å². The Balaban J connectivity index is 1.94. The molecule has 0 aromatic heterocycles. The summed E-state index contributed by atoms with van der Waals surface area (Å²) in [6.45, 7) is 0. The highest BCUT2D eigenvalue weighted by Gasteiger charge is 2.39. The third kappa shape index (κ3) is 2.04. The second-order valence-corrected chi connectivity index (χ2v) is 6.37. The molecule has 0 radical (unpaired) electrons. The summed E-state index contributed by atoms with van der Waals surface area (Å²) in [7, 11) is 0. The zero-order valence-corrected chi connectivity index (χ0v) is 11.3. The molecule has 94 valence electrons. The Kier molecular flexibility index (Phi) is 3.32. The first-order chi connectivity index (χ1) is 8.84. The van der Waals surface area contributed by atoms with Gasteiger partial charge in [-0.05, 0) is 25.3 Å². The number of nitrogens with zero attached hydrogens (tertiary/aromatic N) is 1. The molecule has 1 aliphatic heterocycles. The molecular weight excluding hydrogens is 240 g/mol. The van der Waals surface area contributed by atoms with Gasteiger partial charge in [0.15, 0.2) is 0 Å². The van der Waals surface area contributed by atoms with Gasteiger partial charge in [0.1, 0.15) is 5.54 Å². The molecule has 2 aliphatic rings. The van der Waals surface area contributed by atoms with E-state index < -0.39 is 5.54 Å². The van der Waals surface area contributed by atoms with Crippen LogP contribution >= 0.6 is 11.8 Å². The van der Waals surface area contributed by atoms with Crippen LogP contribution in [0.1, 0.15) is 37.7 Å². The summed E-state index contributed by atoms with van der Waals surface area (Å²) in [4.78, 5) is 1.27. The van der Waals surface area contributed by atoms with Gasteiger partial charge in [0, 0.05) is 22.3 Å². The van der Waals surface area contributed by atoms with Crippen molar-refractivity contribution >= 4 is 11.8 Å². The predicted octanol–water partition coefficient (Wildman–Crippen LogP) is 3.43. The van der Waals surface area contributed by atoms with Crippen molar-refractivity contribution in [2.45, 2.75) is 48.6 Å². The highest BCUT2D eigenvalue weighted by molar-refractivity contribution is 7.99. The molecule has 1 aromatic carbocycles. The predicted molar refractivity (Wildman–Crippen MR) is 74.5 cm³/mol. The molecule has 0 saturated heterocycles. The molecule has 1 N–H and O–H groups in total. The van der Waals surface area contributed by atoms with Crippen LogP contribution in [0.2, 0.25) is 0 Å². The minimum Gasteiger partial charge on any atom is -0.293 e. The molecule has 1 unspecified atom stereocenters. The van der Waals surface area contributed by atoms with E-state index in [-0.39, 0.29) is 0 Å². The second-order valence-electron chi connectivity index (χ2n) is 5.24. The van der Waals surface area contributed by atoms with Gasteiger partial charge >= 0.3 is 0 Å². The molecule has 1 heterocycles. The molecule has 3 rings (SSSR count). The Morgan fingerprint density at radius 2 is 2.06 bits per heavy atom. The van der Waals surface area contributed by atoms with Crippen LogP contribution < -0.4 is 5.32 Å². The minimum absolute atomic E-state index is 0.448. The molecule has 3 heteroatoms. The van der Waals surface area contributed by atoms with Crippen LogP contribution in [0.25, 0.3) is 0 Å². The van der Waals surface area contributed by atoms with Crippen molar-refractivity contribution in [1.82, 2.24) is 5.32 Å². The summed E-state index contributed by atoms with van der Waals surface area (Å²) in [6, 6.07) is 11.5. The molecule has 2 nitrogen and oxygen atoms in total. The molecule has 0 spiro atoms. The van der Waals surface area contributed by atoms with Gasteiger partial charge < -0.3 is 0 Å². The topological polar surface area (TPSA) is 35.8 Å². The van der Waals surface area contributed by atoms with Crippen LogP contribution in [0.4, 0.5) is 0 Å². The summed E-state index contributed by atoms with van der Waals surface area (Å²) in [6.07, 6.45) is 5.96. The Bertz CT molecular complexity index is 474. The molecule has 0 amide bonds. The largest absolute Gasteiger partial charge is 0.293 e. The fourth-order valence-electron chi connectivity index (χ4n) is 3.11. The van der Waals surface area contributed by atoms with Gasteiger partial charge in [-0.25, -0.2) is 0 Å². The second kappa shape index (κ2) is 4.95. The Labute approximate surface area is 113 Å². The number of nitriles is 1. The molecule has 0 bridgehead atoms. The minimum atomic E-state index is -0.448. The lowest BCUT2D eigenvalue weighted by Gasteiger charge is -2.36. The number of thioether (sulfide) groups is 1. The molecule has 1 fully saturated rings. The quantitative estimate of drug-likeness (QED) is 0.882. The highest BCUT2D eigenvalue weighted by Crippen LogP contribution is 2.40. The Morgan fingerprint density at radius 3 is 2.83 bits per heavy atom. The van der Waals surface area contributed by atoms with E-state index in [4.69, 9.17) is 0 Å². The van der Waals surface area contributed by atoms with Crippen molar-refractivity contribution in [1.29, 1.82) is 5.26 Å². The standard InChI is InChI=1S/C15H18N2S/c16-11-15(17-12-5-1-2-6-12)9-10-18-14-8-4-3-7-13(14)15/h3-4,7-8,12,17H,1-2,5-6,9-10H2. The molecule has 18 heavy (non-hydrogen) atoms. The molecule has 1 aliphatic carbocycles. The zero-order chi connectivity index (χ0) is 12.4. The van der Waals surface area contributed by atoms with Crippen molar-refractivity contribution in [3.8, 4) is 6.07 Å². The smallest absolute Gasteiger partial charge is 0.134 e. The fraction of sp³-hybridized carbons (Fsp3) is 0.533. The highest BCUT2D eigenvalue weighted by atomic mass is 32.2. The summed E-state index contributed by atoms with van der Waals surface area (Å²) in [5, 5.41) is 13.4. The molecular formula is C15H18N2S. The van der Waals surface area contributed by atoms with Crippen molar-refractivity contribution in [3.05, 3.63) is 29.8 Å². The van der Waals surface area contributed by atoms with Crippen LogP contribution in [0.15, 0.2) is 29.2 Å². The summed E-state index contributed by atoms with van der Waals surface area (Å²) < 4.78 is 0.